The first-order chi connectivity index (χ1) is 6.65. The van der Waals surface area contributed by atoms with Crippen molar-refractivity contribution in [1.29, 1.82) is 0 Å². The van der Waals surface area contributed by atoms with Crippen LogP contribution < -0.4 is 0 Å². The Morgan fingerprint density at radius 2 is 1.36 bits per heavy atom. The standard InChI is InChI=1S/C9H12O5/c10-2-5-1-6(3-11)8(13)9(14)7(5)4-12/h1,10-14H,2-4H2. The topological polar surface area (TPSA) is 101 Å². The number of hydrogen-bond donors (Lipinski definition) is 5. The second-order valence-electron chi connectivity index (χ2n) is 2.84. The Morgan fingerprint density at radius 1 is 0.786 bits per heavy atom. The molecule has 0 unspecified atom stereocenters. The molecule has 1 rings (SSSR count). The molecule has 0 heterocycles. The number of rotatable bonds is 3. The third-order valence-electron chi connectivity index (χ3n) is 2.05. The van der Waals surface area contributed by atoms with Crippen molar-refractivity contribution in [3.63, 3.8) is 0 Å². The second kappa shape index (κ2) is 4.28. The average Bonchev–Trinajstić information content (AvgIpc) is 2.21. The molecule has 0 spiro atoms. The minimum Gasteiger partial charge on any atom is -0.504 e. The quantitative estimate of drug-likeness (QED) is 0.426. The summed E-state index contributed by atoms with van der Waals surface area (Å²) in [5.41, 5.74) is 0.470. The first kappa shape index (κ1) is 10.8. The molecular formula is C9H12O5. The lowest BCUT2D eigenvalue weighted by Crippen LogP contribution is -1.98. The normalized spacial score (nSPS) is 10.5. The summed E-state index contributed by atoms with van der Waals surface area (Å²) in [5, 5.41) is 45.3. The second-order valence-corrected chi connectivity index (χ2v) is 2.84. The highest BCUT2D eigenvalue weighted by Crippen LogP contribution is 2.35. The minimum absolute atomic E-state index is 0.0715. The molecule has 1 aromatic carbocycles. The van der Waals surface area contributed by atoms with Gasteiger partial charge in [-0.05, 0) is 11.6 Å². The first-order valence-corrected chi connectivity index (χ1v) is 4.03. The van der Waals surface area contributed by atoms with E-state index in [0.717, 1.165) is 0 Å². The van der Waals surface area contributed by atoms with Gasteiger partial charge in [0.2, 0.25) is 0 Å². The van der Waals surface area contributed by atoms with Crippen molar-refractivity contribution >= 4 is 0 Å². The molecule has 1 aromatic rings. The molecule has 5 N–H and O–H groups in total. The van der Waals surface area contributed by atoms with E-state index in [-0.39, 0.29) is 23.3 Å². The van der Waals surface area contributed by atoms with E-state index < -0.39 is 24.7 Å². The van der Waals surface area contributed by atoms with Gasteiger partial charge in [0.05, 0.1) is 19.8 Å². The van der Waals surface area contributed by atoms with Gasteiger partial charge in [0, 0.05) is 11.1 Å². The molecule has 0 amide bonds. The fraction of sp³-hybridized carbons (Fsp3) is 0.333. The Balaban J connectivity index is 3.38. The van der Waals surface area contributed by atoms with Gasteiger partial charge in [0.25, 0.3) is 0 Å². The first-order valence-electron chi connectivity index (χ1n) is 4.03. The fourth-order valence-corrected chi connectivity index (χ4v) is 1.25. The summed E-state index contributed by atoms with van der Waals surface area (Å²) in [4.78, 5) is 0. The summed E-state index contributed by atoms with van der Waals surface area (Å²) < 4.78 is 0. The van der Waals surface area contributed by atoms with Gasteiger partial charge in [-0.25, -0.2) is 0 Å². The highest BCUT2D eigenvalue weighted by atomic mass is 16.3. The highest BCUT2D eigenvalue weighted by molar-refractivity contribution is 5.53. The molecule has 0 saturated heterocycles. The lowest BCUT2D eigenvalue weighted by atomic mass is 10.0. The molecule has 0 bridgehead atoms. The third kappa shape index (κ3) is 1.65. The van der Waals surface area contributed by atoms with E-state index in [1.54, 1.807) is 0 Å². The number of hydrogen-bond acceptors (Lipinski definition) is 5. The number of aliphatic hydroxyl groups is 3. The van der Waals surface area contributed by atoms with Gasteiger partial charge in [0.15, 0.2) is 11.5 Å². The summed E-state index contributed by atoms with van der Waals surface area (Å²) in [6, 6.07) is 1.33. The van der Waals surface area contributed by atoms with Crippen molar-refractivity contribution in [2.45, 2.75) is 19.8 Å². The minimum atomic E-state index is -0.497. The lowest BCUT2D eigenvalue weighted by Gasteiger charge is -2.11. The van der Waals surface area contributed by atoms with Crippen LogP contribution in [0.15, 0.2) is 6.07 Å². The van der Waals surface area contributed by atoms with Gasteiger partial charge in [-0.1, -0.05) is 0 Å². The van der Waals surface area contributed by atoms with E-state index in [4.69, 9.17) is 15.3 Å². The van der Waals surface area contributed by atoms with Crippen LogP contribution in [-0.4, -0.2) is 25.5 Å². The molecule has 5 nitrogen and oxygen atoms in total. The fourth-order valence-electron chi connectivity index (χ4n) is 1.25. The summed E-state index contributed by atoms with van der Waals surface area (Å²) in [5.74, 6) is -0.961. The predicted octanol–water partition coefficient (Wildman–Crippen LogP) is -0.425. The average molecular weight is 200 g/mol. The molecule has 14 heavy (non-hydrogen) atoms. The van der Waals surface area contributed by atoms with Crippen molar-refractivity contribution in [2.75, 3.05) is 0 Å². The van der Waals surface area contributed by atoms with E-state index in [2.05, 4.69) is 0 Å². The molecule has 0 fully saturated rings. The number of aliphatic hydroxyl groups excluding tert-OH is 3. The monoisotopic (exact) mass is 200 g/mol. The van der Waals surface area contributed by atoms with Crippen LogP contribution in [0.4, 0.5) is 0 Å². The Kier molecular flexibility index (Phi) is 3.29. The van der Waals surface area contributed by atoms with E-state index in [1.165, 1.54) is 6.07 Å². The maximum Gasteiger partial charge on any atom is 0.163 e. The Morgan fingerprint density at radius 3 is 1.79 bits per heavy atom. The molecule has 0 aromatic heterocycles. The van der Waals surface area contributed by atoms with E-state index in [9.17, 15) is 10.2 Å². The highest BCUT2D eigenvalue weighted by Gasteiger charge is 2.15. The van der Waals surface area contributed by atoms with Gasteiger partial charge in [-0.3, -0.25) is 0 Å². The maximum atomic E-state index is 9.39. The number of phenols is 2. The summed E-state index contributed by atoms with van der Waals surface area (Å²) >= 11 is 0. The van der Waals surface area contributed by atoms with Crippen molar-refractivity contribution in [3.05, 3.63) is 22.8 Å². The Bertz CT molecular complexity index is 334. The van der Waals surface area contributed by atoms with Gasteiger partial charge in [-0.15, -0.1) is 0 Å². The summed E-state index contributed by atoms with van der Waals surface area (Å²) in [7, 11) is 0. The molecule has 0 saturated carbocycles. The van der Waals surface area contributed by atoms with Gasteiger partial charge < -0.3 is 25.5 Å². The number of aromatic hydroxyl groups is 2. The number of benzene rings is 1. The Hall–Kier alpha value is -1.30. The van der Waals surface area contributed by atoms with Crippen LogP contribution in [0, 0.1) is 0 Å². The van der Waals surface area contributed by atoms with Crippen LogP contribution >= 0.6 is 0 Å². The van der Waals surface area contributed by atoms with Gasteiger partial charge in [0.1, 0.15) is 0 Å². The largest absolute Gasteiger partial charge is 0.504 e. The van der Waals surface area contributed by atoms with Gasteiger partial charge in [-0.2, -0.15) is 0 Å². The molecule has 0 atom stereocenters. The van der Waals surface area contributed by atoms with Crippen molar-refractivity contribution < 1.29 is 25.5 Å². The molecule has 5 heteroatoms. The molecular weight excluding hydrogens is 188 g/mol. The Labute approximate surface area is 80.5 Å². The van der Waals surface area contributed by atoms with Crippen LogP contribution in [0.3, 0.4) is 0 Å². The zero-order valence-electron chi connectivity index (χ0n) is 7.43. The maximum absolute atomic E-state index is 9.39. The van der Waals surface area contributed by atoms with Crippen molar-refractivity contribution in [3.8, 4) is 11.5 Å². The molecule has 78 valence electrons. The van der Waals surface area contributed by atoms with E-state index in [1.807, 2.05) is 0 Å². The molecule has 0 radical (unpaired) electrons. The summed E-state index contributed by atoms with van der Waals surface area (Å²) in [6.07, 6.45) is 0. The van der Waals surface area contributed by atoms with Crippen LogP contribution in [-0.2, 0) is 19.8 Å². The van der Waals surface area contributed by atoms with E-state index in [0.29, 0.717) is 0 Å². The zero-order valence-corrected chi connectivity index (χ0v) is 7.43. The third-order valence-corrected chi connectivity index (χ3v) is 2.05. The van der Waals surface area contributed by atoms with Crippen LogP contribution in [0.5, 0.6) is 11.5 Å². The van der Waals surface area contributed by atoms with E-state index >= 15 is 0 Å². The summed E-state index contributed by atoms with van der Waals surface area (Å²) in [6.45, 7) is -1.31. The zero-order chi connectivity index (χ0) is 10.7. The molecule has 0 aliphatic carbocycles. The smallest absolute Gasteiger partial charge is 0.163 e. The molecule has 0 aliphatic heterocycles. The van der Waals surface area contributed by atoms with Gasteiger partial charge >= 0.3 is 0 Å². The lowest BCUT2D eigenvalue weighted by molar-refractivity contribution is 0.248. The SMILES string of the molecule is OCc1cc(CO)c(CO)c(O)c1O. The van der Waals surface area contributed by atoms with Crippen LogP contribution in [0.2, 0.25) is 0 Å². The molecule has 0 aliphatic rings. The van der Waals surface area contributed by atoms with Crippen molar-refractivity contribution in [1.82, 2.24) is 0 Å². The predicted molar refractivity (Wildman–Crippen MR) is 47.5 cm³/mol. The van der Waals surface area contributed by atoms with Crippen LogP contribution in [0.25, 0.3) is 0 Å². The van der Waals surface area contributed by atoms with Crippen LogP contribution in [0.1, 0.15) is 16.7 Å². The van der Waals surface area contributed by atoms with Crippen molar-refractivity contribution in [2.24, 2.45) is 0 Å².